The number of ether oxygens (including phenoxy) is 1. The molecule has 8 heteroatoms. The molecule has 6 N–H and O–H groups in total. The number of aliphatic carboxylic acids is 1. The van der Waals surface area contributed by atoms with Crippen LogP contribution in [0.1, 0.15) is 17.9 Å². The van der Waals surface area contributed by atoms with Gasteiger partial charge in [-0.25, -0.2) is 19.4 Å². The van der Waals surface area contributed by atoms with E-state index >= 15 is 0 Å². The first-order valence-electron chi connectivity index (χ1n) is 5.70. The summed E-state index contributed by atoms with van der Waals surface area (Å²) in [4.78, 5) is 10.7. The van der Waals surface area contributed by atoms with E-state index in [1.807, 2.05) is 5.43 Å². The van der Waals surface area contributed by atoms with Crippen LogP contribution in [0.4, 0.5) is 8.78 Å². The number of benzene rings is 1. The van der Waals surface area contributed by atoms with E-state index in [1.165, 1.54) is 24.3 Å². The van der Waals surface area contributed by atoms with E-state index in [-0.39, 0.29) is 18.1 Å². The Morgan fingerprint density at radius 1 is 1.40 bits per heavy atom. The molecule has 108 valence electrons. The zero-order chi connectivity index (χ0) is 14.9. The Hall–Kier alpha value is -2.35. The minimum absolute atomic E-state index is 0.158. The molecule has 2 rings (SSSR count). The summed E-state index contributed by atoms with van der Waals surface area (Å²) in [6, 6.07) is 5.87. The fourth-order valence-corrected chi connectivity index (χ4v) is 1.72. The maximum atomic E-state index is 12.9. The third kappa shape index (κ3) is 2.80. The van der Waals surface area contributed by atoms with Gasteiger partial charge in [-0.1, -0.05) is 12.1 Å². The number of carbonyl (C=O) groups is 1. The van der Waals surface area contributed by atoms with Gasteiger partial charge in [-0.2, -0.15) is 0 Å². The van der Waals surface area contributed by atoms with E-state index in [1.54, 1.807) is 0 Å². The van der Waals surface area contributed by atoms with Crippen molar-refractivity contribution in [3.8, 4) is 5.75 Å². The normalized spacial score (nSPS) is 20.9. The molecule has 0 radical (unpaired) electrons. The van der Waals surface area contributed by atoms with Gasteiger partial charge in [-0.15, -0.1) is 0 Å². The smallest absolute Gasteiger partial charge is 0.357 e. The summed E-state index contributed by atoms with van der Waals surface area (Å²) in [5, 5.41) is 8.70. The van der Waals surface area contributed by atoms with Crippen LogP contribution < -0.4 is 21.7 Å². The molecule has 1 saturated carbocycles. The van der Waals surface area contributed by atoms with Gasteiger partial charge in [0.1, 0.15) is 5.75 Å². The minimum Gasteiger partial charge on any atom is -0.476 e. The van der Waals surface area contributed by atoms with Crippen LogP contribution in [-0.4, -0.2) is 17.0 Å². The summed E-state index contributed by atoms with van der Waals surface area (Å²) < 4.78 is 30.9. The van der Waals surface area contributed by atoms with Gasteiger partial charge in [0, 0.05) is 6.42 Å². The number of hydrogen-bond donors (Lipinski definition) is 4. The Morgan fingerprint density at radius 2 is 1.95 bits per heavy atom. The average Bonchev–Trinajstić information content (AvgIpc) is 3.05. The van der Waals surface area contributed by atoms with Crippen LogP contribution in [0, 0.1) is 0 Å². The summed E-state index contributed by atoms with van der Waals surface area (Å²) in [6.07, 6.45) is -0.158. The first-order chi connectivity index (χ1) is 9.35. The topological polar surface area (TPSA) is 111 Å². The molecule has 1 aliphatic rings. The van der Waals surface area contributed by atoms with Crippen LogP contribution in [-0.2, 0) is 4.79 Å². The molecule has 1 aliphatic carbocycles. The van der Waals surface area contributed by atoms with E-state index in [9.17, 15) is 13.6 Å². The fraction of sp³-hybridized carbons (Fsp3) is 0.250. The van der Waals surface area contributed by atoms with Crippen LogP contribution >= 0.6 is 0 Å². The second-order valence-corrected chi connectivity index (χ2v) is 4.38. The molecule has 1 unspecified atom stereocenters. The number of hydrazine groups is 1. The summed E-state index contributed by atoms with van der Waals surface area (Å²) in [6.45, 7) is 0. The molecule has 0 aliphatic heterocycles. The van der Waals surface area contributed by atoms with Crippen molar-refractivity contribution in [3.63, 3.8) is 0 Å². The lowest BCUT2D eigenvalue weighted by Crippen LogP contribution is -2.31. The lowest BCUT2D eigenvalue weighted by molar-refractivity contribution is -0.132. The summed E-state index contributed by atoms with van der Waals surface area (Å²) in [7, 11) is 0. The van der Waals surface area contributed by atoms with E-state index < -0.39 is 23.5 Å². The number of carboxylic acids is 1. The van der Waals surface area contributed by atoms with Crippen LogP contribution in [0.2, 0.25) is 0 Å². The maximum absolute atomic E-state index is 12.9. The van der Waals surface area contributed by atoms with Crippen LogP contribution in [0.25, 0.3) is 0 Å². The first-order valence-corrected chi connectivity index (χ1v) is 5.70. The Balaban J connectivity index is 2.11. The van der Waals surface area contributed by atoms with Gasteiger partial charge in [0.25, 0.3) is 5.92 Å². The summed E-state index contributed by atoms with van der Waals surface area (Å²) in [5.74, 6) is 0.212. The molecule has 0 bridgehead atoms. The SMILES string of the molecule is NN/C(Oc1ccc(C2CC2(F)F)cc1)=C(\N)C(=O)O. The van der Waals surface area contributed by atoms with Crippen molar-refractivity contribution < 1.29 is 23.4 Å². The Bertz CT molecular complexity index is 558. The minimum atomic E-state index is -2.64. The predicted molar refractivity (Wildman–Crippen MR) is 65.5 cm³/mol. The van der Waals surface area contributed by atoms with Crippen LogP contribution in [0.5, 0.6) is 5.75 Å². The summed E-state index contributed by atoms with van der Waals surface area (Å²) >= 11 is 0. The van der Waals surface area contributed by atoms with Gasteiger partial charge >= 0.3 is 5.97 Å². The molecule has 1 fully saturated rings. The molecule has 20 heavy (non-hydrogen) atoms. The van der Waals surface area contributed by atoms with Crippen molar-refractivity contribution in [1.82, 2.24) is 5.43 Å². The molecule has 1 aromatic carbocycles. The monoisotopic (exact) mass is 285 g/mol. The molecular formula is C12H13F2N3O3. The van der Waals surface area contributed by atoms with Gasteiger partial charge in [-0.05, 0) is 17.7 Å². The number of halogens is 2. The standard InChI is InChI=1S/C12H13F2N3O3/c13-12(14)5-8(12)6-1-3-7(4-2-6)20-10(17-16)9(15)11(18)19/h1-4,8,17H,5,15-16H2,(H,18,19)/b10-9+. The van der Waals surface area contributed by atoms with Crippen molar-refractivity contribution in [2.45, 2.75) is 18.3 Å². The number of alkyl halides is 2. The number of nitrogens with two attached hydrogens (primary N) is 2. The third-order valence-corrected chi connectivity index (χ3v) is 2.93. The lowest BCUT2D eigenvalue weighted by atomic mass is 10.1. The predicted octanol–water partition coefficient (Wildman–Crippen LogP) is 0.864. The Kier molecular flexibility index (Phi) is 3.49. The highest BCUT2D eigenvalue weighted by molar-refractivity contribution is 5.85. The van der Waals surface area contributed by atoms with Crippen LogP contribution in [0.3, 0.4) is 0 Å². The van der Waals surface area contributed by atoms with Crippen LogP contribution in [0.15, 0.2) is 35.8 Å². The highest BCUT2D eigenvalue weighted by atomic mass is 19.3. The molecule has 0 amide bonds. The molecule has 6 nitrogen and oxygen atoms in total. The van der Waals surface area contributed by atoms with Crippen molar-refractivity contribution in [1.29, 1.82) is 0 Å². The first kappa shape index (κ1) is 14.1. The zero-order valence-corrected chi connectivity index (χ0v) is 10.3. The zero-order valence-electron chi connectivity index (χ0n) is 10.3. The van der Waals surface area contributed by atoms with Gasteiger partial charge in [0.2, 0.25) is 5.88 Å². The third-order valence-electron chi connectivity index (χ3n) is 2.93. The highest BCUT2D eigenvalue weighted by Gasteiger charge is 2.57. The molecule has 0 spiro atoms. The highest BCUT2D eigenvalue weighted by Crippen LogP contribution is 2.55. The molecule has 0 aromatic heterocycles. The van der Waals surface area contributed by atoms with Gasteiger partial charge in [-0.3, -0.25) is 5.43 Å². The number of carboxylic acid groups (broad SMARTS) is 1. The van der Waals surface area contributed by atoms with Crippen molar-refractivity contribution in [2.24, 2.45) is 11.6 Å². The van der Waals surface area contributed by atoms with Crippen molar-refractivity contribution >= 4 is 5.97 Å². The van der Waals surface area contributed by atoms with E-state index in [4.69, 9.17) is 21.4 Å². The molecule has 1 atom stereocenters. The van der Waals surface area contributed by atoms with Gasteiger partial charge < -0.3 is 15.6 Å². The van der Waals surface area contributed by atoms with Crippen molar-refractivity contribution in [2.75, 3.05) is 0 Å². The molecule has 1 aromatic rings. The van der Waals surface area contributed by atoms with E-state index in [0.29, 0.717) is 5.56 Å². The molecular weight excluding hydrogens is 272 g/mol. The largest absolute Gasteiger partial charge is 0.476 e. The number of hydrogen-bond acceptors (Lipinski definition) is 5. The quantitative estimate of drug-likeness (QED) is 0.276. The number of nitrogens with one attached hydrogen (secondary N) is 1. The Morgan fingerprint density at radius 3 is 2.35 bits per heavy atom. The van der Waals surface area contributed by atoms with E-state index in [0.717, 1.165) is 0 Å². The number of rotatable bonds is 5. The van der Waals surface area contributed by atoms with Crippen molar-refractivity contribution in [3.05, 3.63) is 41.4 Å². The molecule has 0 saturated heterocycles. The maximum Gasteiger partial charge on any atom is 0.357 e. The summed E-state index contributed by atoms with van der Waals surface area (Å²) in [5.41, 5.74) is 7.19. The van der Waals surface area contributed by atoms with Gasteiger partial charge in [0.15, 0.2) is 5.70 Å². The van der Waals surface area contributed by atoms with Gasteiger partial charge in [0.05, 0.1) is 5.92 Å². The lowest BCUT2D eigenvalue weighted by Gasteiger charge is -2.11. The van der Waals surface area contributed by atoms with E-state index in [2.05, 4.69) is 0 Å². The molecule has 0 heterocycles. The fourth-order valence-electron chi connectivity index (χ4n) is 1.72. The Labute approximate surface area is 113 Å². The second-order valence-electron chi connectivity index (χ2n) is 4.38. The second kappa shape index (κ2) is 4.97. The average molecular weight is 285 g/mol.